The highest BCUT2D eigenvalue weighted by Gasteiger charge is 2.03. The molecule has 0 amide bonds. The van der Waals surface area contributed by atoms with Crippen molar-refractivity contribution < 1.29 is 15.5 Å². The molecule has 1 aromatic carbocycles. The monoisotopic (exact) mass is 141 g/mol. The van der Waals surface area contributed by atoms with Crippen LogP contribution in [0.5, 0.6) is 5.75 Å². The van der Waals surface area contributed by atoms with Crippen LogP contribution in [0.1, 0.15) is 0 Å². The highest BCUT2D eigenvalue weighted by Crippen LogP contribution is 2.16. The first-order valence-corrected chi connectivity index (χ1v) is 2.73. The molecule has 4 heteroatoms. The summed E-state index contributed by atoms with van der Waals surface area (Å²) in [6.45, 7) is 0. The Hall–Kier alpha value is -1.10. The molecule has 10 heavy (non-hydrogen) atoms. The van der Waals surface area contributed by atoms with E-state index in [0.29, 0.717) is 0 Å². The molecule has 0 saturated carbocycles. The molecule has 1 aromatic rings. The maximum atomic E-state index is 10.3. The number of para-hydroxylation sites is 2. The van der Waals surface area contributed by atoms with Gasteiger partial charge < -0.3 is 10.3 Å². The van der Waals surface area contributed by atoms with Gasteiger partial charge in [-0.1, -0.05) is 12.1 Å². The van der Waals surface area contributed by atoms with Gasteiger partial charge in [-0.05, 0) is 6.07 Å². The van der Waals surface area contributed by atoms with Gasteiger partial charge in [-0.2, -0.15) is 5.23 Å². The summed E-state index contributed by atoms with van der Waals surface area (Å²) in [6.07, 6.45) is 0. The summed E-state index contributed by atoms with van der Waals surface area (Å²) in [4.78, 5) is 0. The van der Waals surface area contributed by atoms with Crippen molar-refractivity contribution in [2.24, 2.45) is 0 Å². The van der Waals surface area contributed by atoms with E-state index in [2.05, 4.69) is 0 Å². The average Bonchev–Trinajstić information content (AvgIpc) is 1.88. The lowest BCUT2D eigenvalue weighted by Gasteiger charge is -2.11. The molecule has 0 heterocycles. The van der Waals surface area contributed by atoms with Gasteiger partial charge in [-0.3, -0.25) is 0 Å². The Morgan fingerprint density at radius 3 is 2.30 bits per heavy atom. The van der Waals surface area contributed by atoms with Gasteiger partial charge in [-0.25, -0.2) is 5.21 Å². The third-order valence-electron chi connectivity index (χ3n) is 1.13. The summed E-state index contributed by atoms with van der Waals surface area (Å²) >= 11 is 0. The minimum Gasteiger partial charge on any atom is -0.595 e. The number of phenolic OH excluding ortho intramolecular Hbond substituents is 1. The largest absolute Gasteiger partial charge is 0.595 e. The number of rotatable bonds is 1. The summed E-state index contributed by atoms with van der Waals surface area (Å²) in [5.41, 5.74) is -0.0671. The molecule has 0 bridgehead atoms. The quantitative estimate of drug-likeness (QED) is 0.374. The Morgan fingerprint density at radius 2 is 1.90 bits per heavy atom. The van der Waals surface area contributed by atoms with Crippen molar-refractivity contribution in [2.75, 3.05) is 0 Å². The lowest BCUT2D eigenvalue weighted by atomic mass is 10.3. The molecule has 0 spiro atoms. The van der Waals surface area contributed by atoms with E-state index in [0.717, 1.165) is 0 Å². The van der Waals surface area contributed by atoms with E-state index in [1.807, 2.05) is 0 Å². The molecule has 54 valence electrons. The zero-order valence-corrected chi connectivity index (χ0v) is 5.11. The van der Waals surface area contributed by atoms with Gasteiger partial charge in [0.15, 0.2) is 5.75 Å². The molecule has 1 atom stereocenters. The smallest absolute Gasteiger partial charge is 0.205 e. The van der Waals surface area contributed by atoms with E-state index in [1.54, 1.807) is 12.1 Å². The van der Waals surface area contributed by atoms with Crippen molar-refractivity contribution >= 4 is 5.69 Å². The number of quaternary nitrogens is 1. The summed E-state index contributed by atoms with van der Waals surface area (Å²) < 4.78 is 0. The van der Waals surface area contributed by atoms with Crippen molar-refractivity contribution in [3.05, 3.63) is 29.5 Å². The van der Waals surface area contributed by atoms with Crippen LogP contribution in [0.25, 0.3) is 0 Å². The third kappa shape index (κ3) is 1.24. The number of benzene rings is 1. The van der Waals surface area contributed by atoms with Crippen LogP contribution in [0.3, 0.4) is 0 Å². The summed E-state index contributed by atoms with van der Waals surface area (Å²) in [6, 6.07) is 5.81. The van der Waals surface area contributed by atoms with Crippen molar-refractivity contribution in [1.29, 1.82) is 0 Å². The van der Waals surface area contributed by atoms with Gasteiger partial charge in [0.2, 0.25) is 5.69 Å². The lowest BCUT2D eigenvalue weighted by molar-refractivity contribution is -0.991. The molecule has 0 radical (unpaired) electrons. The molecule has 4 nitrogen and oxygen atoms in total. The highest BCUT2D eigenvalue weighted by atomic mass is 16.8. The van der Waals surface area contributed by atoms with Crippen molar-refractivity contribution in [3.8, 4) is 5.75 Å². The molecule has 0 aliphatic carbocycles. The van der Waals surface area contributed by atoms with E-state index >= 15 is 0 Å². The number of nitrogens with one attached hydrogen (secondary N) is 1. The average molecular weight is 141 g/mol. The number of phenols is 1. The van der Waals surface area contributed by atoms with Crippen LogP contribution < -0.4 is 5.23 Å². The third-order valence-corrected chi connectivity index (χ3v) is 1.13. The van der Waals surface area contributed by atoms with E-state index in [9.17, 15) is 5.21 Å². The van der Waals surface area contributed by atoms with Crippen LogP contribution in [0.15, 0.2) is 24.3 Å². The van der Waals surface area contributed by atoms with E-state index < -0.39 is 5.23 Å². The Labute approximate surface area is 57.5 Å². The zero-order valence-electron chi connectivity index (χ0n) is 5.11. The summed E-state index contributed by atoms with van der Waals surface area (Å²) in [7, 11) is 0. The number of hydrogen-bond acceptors (Lipinski definition) is 3. The molecular formula is C6H7NO3. The second-order valence-electron chi connectivity index (χ2n) is 1.82. The van der Waals surface area contributed by atoms with Crippen molar-refractivity contribution in [2.45, 2.75) is 0 Å². The molecule has 0 aliphatic heterocycles. The molecule has 0 aliphatic rings. The van der Waals surface area contributed by atoms with Crippen LogP contribution in [0.4, 0.5) is 5.69 Å². The first kappa shape index (κ1) is 7.01. The topological polar surface area (TPSA) is 68.0 Å². The molecule has 0 aromatic heterocycles. The molecule has 0 fully saturated rings. The van der Waals surface area contributed by atoms with Crippen LogP contribution >= 0.6 is 0 Å². The summed E-state index contributed by atoms with van der Waals surface area (Å²) in [5, 5.41) is 26.5. The van der Waals surface area contributed by atoms with Crippen molar-refractivity contribution in [3.63, 3.8) is 0 Å². The van der Waals surface area contributed by atoms with Crippen molar-refractivity contribution in [1.82, 2.24) is 0 Å². The van der Waals surface area contributed by atoms with Gasteiger partial charge in [0.1, 0.15) is 0 Å². The normalized spacial score (nSPS) is 13.0. The van der Waals surface area contributed by atoms with Crippen LogP contribution in [-0.4, -0.2) is 10.3 Å². The fraction of sp³-hybridized carbons (Fsp3) is 0. The minimum atomic E-state index is -1.11. The van der Waals surface area contributed by atoms with E-state index in [-0.39, 0.29) is 11.4 Å². The Morgan fingerprint density at radius 1 is 1.30 bits per heavy atom. The fourth-order valence-electron chi connectivity index (χ4n) is 0.654. The van der Waals surface area contributed by atoms with Gasteiger partial charge >= 0.3 is 0 Å². The van der Waals surface area contributed by atoms with Gasteiger partial charge in [0.25, 0.3) is 0 Å². The minimum absolute atomic E-state index is 0.0671. The first-order chi connectivity index (χ1) is 4.72. The standard InChI is InChI=1S/C6H7NO3/c8-6-4-2-1-3-5(6)7(9)10/h1-4,7-9H. The molecule has 0 saturated heterocycles. The van der Waals surface area contributed by atoms with Gasteiger partial charge in [0.05, 0.1) is 0 Å². The van der Waals surface area contributed by atoms with Crippen LogP contribution in [0, 0.1) is 5.21 Å². The molecule has 3 N–H and O–H groups in total. The predicted octanol–water partition coefficient (Wildman–Crippen LogP) is -0.204. The molecule has 1 rings (SSSR count). The second kappa shape index (κ2) is 2.66. The van der Waals surface area contributed by atoms with Crippen LogP contribution in [-0.2, 0) is 0 Å². The van der Waals surface area contributed by atoms with Gasteiger partial charge in [-0.15, -0.1) is 0 Å². The maximum Gasteiger partial charge on any atom is 0.205 e. The Kier molecular flexibility index (Phi) is 1.86. The second-order valence-corrected chi connectivity index (χ2v) is 1.82. The molecule has 1 unspecified atom stereocenters. The maximum absolute atomic E-state index is 10.3. The van der Waals surface area contributed by atoms with Crippen LogP contribution in [0.2, 0.25) is 0 Å². The fourth-order valence-corrected chi connectivity index (χ4v) is 0.654. The molecular weight excluding hydrogens is 134 g/mol. The van der Waals surface area contributed by atoms with E-state index in [1.165, 1.54) is 12.1 Å². The zero-order chi connectivity index (χ0) is 7.56. The van der Waals surface area contributed by atoms with E-state index in [4.69, 9.17) is 10.3 Å². The SMILES string of the molecule is [O-][NH+](O)c1ccccc1O. The highest BCUT2D eigenvalue weighted by molar-refractivity contribution is 5.43. The number of hydrogen-bond donors (Lipinski definition) is 3. The Balaban J connectivity index is 3.03. The van der Waals surface area contributed by atoms with Gasteiger partial charge in [0, 0.05) is 6.07 Å². The number of aromatic hydroxyl groups is 1. The Bertz CT molecular complexity index is 224. The lowest BCUT2D eigenvalue weighted by Crippen LogP contribution is -2.99. The first-order valence-electron chi connectivity index (χ1n) is 2.73. The predicted molar refractivity (Wildman–Crippen MR) is 33.9 cm³/mol. The summed E-state index contributed by atoms with van der Waals surface area (Å²) in [5.74, 6) is -0.199.